The van der Waals surface area contributed by atoms with Gasteiger partial charge in [-0.25, -0.2) is 4.79 Å². The lowest BCUT2D eigenvalue weighted by molar-refractivity contribution is 0.0551. The highest BCUT2D eigenvalue weighted by Gasteiger charge is 2.42. The molecular weight excluding hydrogens is 375 g/mol. The van der Waals surface area contributed by atoms with E-state index in [4.69, 9.17) is 32.7 Å². The molecule has 0 radical (unpaired) electrons. The first-order chi connectivity index (χ1) is 12.2. The maximum atomic E-state index is 12.7. The van der Waals surface area contributed by atoms with Gasteiger partial charge in [-0.05, 0) is 33.3 Å². The van der Waals surface area contributed by atoms with E-state index in [1.54, 1.807) is 18.2 Å². The van der Waals surface area contributed by atoms with Crippen LogP contribution < -0.4 is 9.64 Å². The van der Waals surface area contributed by atoms with Crippen molar-refractivity contribution in [2.75, 3.05) is 12.0 Å². The molecule has 0 fully saturated rings. The van der Waals surface area contributed by atoms with Crippen molar-refractivity contribution in [2.45, 2.75) is 52.2 Å². The average molecular weight is 397 g/mol. The Hall–Kier alpha value is -1.72. The van der Waals surface area contributed by atoms with Gasteiger partial charge < -0.3 is 9.47 Å². The number of hydrogen-bond acceptors (Lipinski definition) is 4. The van der Waals surface area contributed by atoms with Gasteiger partial charge in [0.1, 0.15) is 16.4 Å². The molecule has 0 N–H and O–H groups in total. The smallest absolute Gasteiger partial charge is 0.415 e. The number of carbonyl (C=O) groups is 1. The molecule has 1 aromatic heterocycles. The van der Waals surface area contributed by atoms with Crippen molar-refractivity contribution in [2.24, 2.45) is 0 Å². The maximum Gasteiger partial charge on any atom is 0.415 e. The number of amides is 1. The number of nitrogens with zero attached hydrogens (tertiary/aromatic N) is 2. The standard InChI is InChI=1S/C19H22Cl2N2O3/c1-6-7-11-14-10-8-13(25-5)15(20)16(21)17(10)22-9-12(14)23(11)18(24)26-19(2,3)4/h8-9,11H,6-7H2,1-5H3. The van der Waals surface area contributed by atoms with Crippen LogP contribution in [0.1, 0.15) is 52.1 Å². The first kappa shape index (κ1) is 19.1. The summed E-state index contributed by atoms with van der Waals surface area (Å²) >= 11 is 12.6. The Morgan fingerprint density at radius 2 is 2.00 bits per heavy atom. The van der Waals surface area contributed by atoms with Crippen molar-refractivity contribution >= 4 is 45.9 Å². The van der Waals surface area contributed by atoms with Crippen LogP contribution in [-0.4, -0.2) is 23.8 Å². The zero-order valence-corrected chi connectivity index (χ0v) is 17.0. The summed E-state index contributed by atoms with van der Waals surface area (Å²) in [7, 11) is 1.54. The summed E-state index contributed by atoms with van der Waals surface area (Å²) in [4.78, 5) is 18.8. The first-order valence-electron chi connectivity index (χ1n) is 8.56. The summed E-state index contributed by atoms with van der Waals surface area (Å²) in [6.45, 7) is 7.64. The molecule has 1 aromatic carbocycles. The van der Waals surface area contributed by atoms with E-state index in [1.165, 1.54) is 0 Å². The number of aromatic nitrogens is 1. The summed E-state index contributed by atoms with van der Waals surface area (Å²) in [5, 5.41) is 1.55. The minimum atomic E-state index is -0.562. The molecule has 1 aliphatic heterocycles. The number of methoxy groups -OCH3 is 1. The molecule has 2 aromatic rings. The van der Waals surface area contributed by atoms with Gasteiger partial charge in [0.15, 0.2) is 0 Å². The van der Waals surface area contributed by atoms with Crippen molar-refractivity contribution in [3.8, 4) is 5.75 Å². The number of benzene rings is 1. The van der Waals surface area contributed by atoms with E-state index in [1.807, 2.05) is 26.8 Å². The van der Waals surface area contributed by atoms with Crippen LogP contribution in [0.15, 0.2) is 12.3 Å². The van der Waals surface area contributed by atoms with Gasteiger partial charge in [0.05, 0.1) is 35.6 Å². The molecule has 140 valence electrons. The number of fused-ring (bicyclic) bond motifs is 3. The summed E-state index contributed by atoms with van der Waals surface area (Å²) in [6, 6.07) is 1.75. The van der Waals surface area contributed by atoms with Crippen molar-refractivity contribution in [1.29, 1.82) is 0 Å². The topological polar surface area (TPSA) is 51.7 Å². The summed E-state index contributed by atoms with van der Waals surface area (Å²) in [6.07, 6.45) is 3.03. The van der Waals surface area contributed by atoms with Crippen LogP contribution in [0.5, 0.6) is 5.75 Å². The van der Waals surface area contributed by atoms with Gasteiger partial charge in [-0.2, -0.15) is 0 Å². The van der Waals surface area contributed by atoms with Gasteiger partial charge in [-0.15, -0.1) is 0 Å². The Balaban J connectivity index is 2.14. The maximum absolute atomic E-state index is 12.7. The average Bonchev–Trinajstić information content (AvgIpc) is 2.53. The Bertz CT molecular complexity index is 877. The van der Waals surface area contributed by atoms with E-state index < -0.39 is 5.60 Å². The van der Waals surface area contributed by atoms with Crippen LogP contribution in [0, 0.1) is 0 Å². The molecule has 3 rings (SSSR count). The highest BCUT2D eigenvalue weighted by atomic mass is 35.5. The number of carbonyl (C=O) groups excluding carboxylic acids is 1. The van der Waals surface area contributed by atoms with E-state index >= 15 is 0 Å². The molecule has 0 spiro atoms. The predicted octanol–water partition coefficient (Wildman–Crippen LogP) is 6.15. The lowest BCUT2D eigenvalue weighted by Crippen LogP contribution is -2.46. The van der Waals surface area contributed by atoms with Gasteiger partial charge in [0, 0.05) is 10.9 Å². The van der Waals surface area contributed by atoms with Crippen molar-refractivity contribution in [1.82, 2.24) is 4.98 Å². The molecule has 1 aliphatic rings. The lowest BCUT2D eigenvalue weighted by atomic mass is 9.88. The SMILES string of the molecule is CCCC1c2c(cnc3c(Cl)c(Cl)c(OC)cc23)N1C(=O)OC(C)(C)C. The fourth-order valence-corrected chi connectivity index (χ4v) is 3.73. The number of ether oxygens (including phenoxy) is 2. The Morgan fingerprint density at radius 1 is 1.31 bits per heavy atom. The molecule has 1 unspecified atom stereocenters. The Morgan fingerprint density at radius 3 is 2.58 bits per heavy atom. The van der Waals surface area contributed by atoms with Crippen LogP contribution in [0.4, 0.5) is 10.5 Å². The predicted molar refractivity (Wildman–Crippen MR) is 105 cm³/mol. The molecule has 7 heteroatoms. The Kier molecular flexibility index (Phi) is 4.97. The second kappa shape index (κ2) is 6.78. The molecule has 2 heterocycles. The van der Waals surface area contributed by atoms with E-state index in [0.717, 1.165) is 29.5 Å². The van der Waals surface area contributed by atoms with E-state index in [0.29, 0.717) is 21.3 Å². The quantitative estimate of drug-likeness (QED) is 0.624. The van der Waals surface area contributed by atoms with Crippen molar-refractivity contribution in [3.05, 3.63) is 27.9 Å². The molecule has 26 heavy (non-hydrogen) atoms. The largest absolute Gasteiger partial charge is 0.495 e. The minimum Gasteiger partial charge on any atom is -0.495 e. The van der Waals surface area contributed by atoms with Crippen LogP contribution in [0.25, 0.3) is 10.9 Å². The molecule has 0 saturated carbocycles. The van der Waals surface area contributed by atoms with E-state index in [2.05, 4.69) is 11.9 Å². The molecule has 5 nitrogen and oxygen atoms in total. The monoisotopic (exact) mass is 396 g/mol. The fourth-order valence-electron chi connectivity index (χ4n) is 3.26. The molecule has 0 bridgehead atoms. The molecule has 1 amide bonds. The normalized spacial score (nSPS) is 16.3. The third-order valence-corrected chi connectivity index (χ3v) is 5.15. The number of halogens is 2. The second-order valence-electron chi connectivity index (χ2n) is 7.31. The molecule has 0 aliphatic carbocycles. The van der Waals surface area contributed by atoms with Gasteiger partial charge >= 0.3 is 6.09 Å². The number of pyridine rings is 1. The highest BCUT2D eigenvalue weighted by molar-refractivity contribution is 6.46. The first-order valence-corrected chi connectivity index (χ1v) is 9.32. The van der Waals surface area contributed by atoms with Gasteiger partial charge in [0.25, 0.3) is 0 Å². The van der Waals surface area contributed by atoms with Crippen molar-refractivity contribution < 1.29 is 14.3 Å². The second-order valence-corrected chi connectivity index (χ2v) is 8.07. The highest BCUT2D eigenvalue weighted by Crippen LogP contribution is 2.51. The summed E-state index contributed by atoms with van der Waals surface area (Å²) in [5.41, 5.74) is 1.82. The fraction of sp³-hybridized carbons (Fsp3) is 0.474. The van der Waals surface area contributed by atoms with Crippen LogP contribution >= 0.6 is 23.2 Å². The van der Waals surface area contributed by atoms with Crippen LogP contribution in [-0.2, 0) is 4.74 Å². The number of hydrogen-bond donors (Lipinski definition) is 0. The van der Waals surface area contributed by atoms with Gasteiger partial charge in [-0.3, -0.25) is 9.88 Å². The van der Waals surface area contributed by atoms with E-state index in [-0.39, 0.29) is 12.1 Å². The van der Waals surface area contributed by atoms with E-state index in [9.17, 15) is 4.79 Å². The summed E-state index contributed by atoms with van der Waals surface area (Å²) < 4.78 is 10.9. The van der Waals surface area contributed by atoms with Crippen molar-refractivity contribution in [3.63, 3.8) is 0 Å². The van der Waals surface area contributed by atoms with Gasteiger partial charge in [-0.1, -0.05) is 36.5 Å². The minimum absolute atomic E-state index is 0.0858. The zero-order chi connectivity index (χ0) is 19.2. The van der Waals surface area contributed by atoms with Crippen LogP contribution in [0.2, 0.25) is 10.0 Å². The molecule has 1 atom stereocenters. The van der Waals surface area contributed by atoms with Gasteiger partial charge in [0.2, 0.25) is 0 Å². The van der Waals surface area contributed by atoms with Crippen LogP contribution in [0.3, 0.4) is 0 Å². The summed E-state index contributed by atoms with van der Waals surface area (Å²) in [5.74, 6) is 0.491. The molecule has 0 saturated heterocycles. The zero-order valence-electron chi connectivity index (χ0n) is 15.5. The number of rotatable bonds is 3. The lowest BCUT2D eigenvalue weighted by Gasteiger charge is -2.43. The number of anilines is 1. The third-order valence-electron chi connectivity index (χ3n) is 4.31. The third kappa shape index (κ3) is 3.08. The molecular formula is C19H22Cl2N2O3. The Labute approximate surface area is 163 Å².